The number of rotatable bonds is 66. The molecule has 1 fully saturated rings. The molecule has 0 saturated carbocycles. The molecular weight excluding hydrogens is 1130 g/mol. The lowest BCUT2D eigenvalue weighted by atomic mass is 9.99. The van der Waals surface area contributed by atoms with E-state index in [9.17, 15) is 35.1 Å². The number of unbranched alkanes of at least 4 members (excludes halogenated alkanes) is 40. The largest absolute Gasteiger partial charge is 0.454 e. The first-order chi connectivity index (χ1) is 44.7. The molecule has 8 unspecified atom stereocenters. The molecule has 1 rings (SSSR count). The van der Waals surface area contributed by atoms with Crippen LogP contribution in [-0.2, 0) is 23.8 Å². The zero-order valence-electron chi connectivity index (χ0n) is 59.0. The number of hydrogen-bond acceptors (Lipinski definition) is 10. The molecule has 0 aromatic carbocycles. The Bertz CT molecular complexity index is 1810. The highest BCUT2D eigenvalue weighted by molar-refractivity contribution is 5.80. The minimum absolute atomic E-state index is 0.114. The number of nitrogens with one attached hydrogen (secondary N) is 1. The molecule has 1 aliphatic heterocycles. The van der Waals surface area contributed by atoms with Crippen LogP contribution >= 0.6 is 0 Å². The maximum absolute atomic E-state index is 13.5. The van der Waals surface area contributed by atoms with Gasteiger partial charge in [-0.1, -0.05) is 331 Å². The summed E-state index contributed by atoms with van der Waals surface area (Å²) in [5, 5.41) is 57.4. The summed E-state index contributed by atoms with van der Waals surface area (Å²) >= 11 is 0. The van der Waals surface area contributed by atoms with Crippen molar-refractivity contribution >= 4 is 11.9 Å². The Morgan fingerprint density at radius 1 is 0.440 bits per heavy atom. The minimum Gasteiger partial charge on any atom is -0.454 e. The third-order valence-electron chi connectivity index (χ3n) is 17.8. The molecule has 91 heavy (non-hydrogen) atoms. The van der Waals surface area contributed by atoms with Crippen molar-refractivity contribution in [2.24, 2.45) is 0 Å². The first-order valence-electron chi connectivity index (χ1n) is 38.4. The van der Waals surface area contributed by atoms with Crippen molar-refractivity contribution in [3.05, 3.63) is 85.1 Å². The monoisotopic (exact) mass is 1280 g/mol. The van der Waals surface area contributed by atoms with Crippen LogP contribution in [0.25, 0.3) is 0 Å². The summed E-state index contributed by atoms with van der Waals surface area (Å²) in [7, 11) is 0. The molecule has 8 atom stereocenters. The SMILES string of the molecule is CC/C=C\C/C=C\C/C=C\C/C=C\C/C=C\CCCCCCCCCCCC(=O)OC1C(OCC(NC(=O)C(O)CCCCCCCCCCCCCCCC/C=C/CCCCCCCC)C(O)/C=C/CCCCCCCCCCCCC)OC(CO)C(O)C1O. The Balaban J connectivity index is 2.55. The molecule has 1 heterocycles. The van der Waals surface area contributed by atoms with Gasteiger partial charge >= 0.3 is 5.97 Å². The van der Waals surface area contributed by atoms with Crippen LogP contribution in [-0.4, -0.2) is 99.6 Å². The van der Waals surface area contributed by atoms with Gasteiger partial charge in [-0.25, -0.2) is 0 Å². The number of carbonyl (C=O) groups excluding carboxylic acids is 2. The number of esters is 1. The highest BCUT2D eigenvalue weighted by atomic mass is 16.7. The third-order valence-corrected chi connectivity index (χ3v) is 17.8. The Morgan fingerprint density at radius 2 is 0.791 bits per heavy atom. The van der Waals surface area contributed by atoms with Crippen molar-refractivity contribution in [3.63, 3.8) is 0 Å². The summed E-state index contributed by atoms with van der Waals surface area (Å²) in [4.78, 5) is 26.8. The van der Waals surface area contributed by atoms with E-state index in [-0.39, 0.29) is 13.0 Å². The molecule has 11 nitrogen and oxygen atoms in total. The number of hydrogen-bond donors (Lipinski definition) is 6. The molecular formula is C80H143NO10. The molecule has 0 bridgehead atoms. The average molecular weight is 1280 g/mol. The van der Waals surface area contributed by atoms with E-state index in [1.165, 1.54) is 199 Å². The predicted octanol–water partition coefficient (Wildman–Crippen LogP) is 20.4. The summed E-state index contributed by atoms with van der Waals surface area (Å²) in [5.74, 6) is -1.19. The second-order valence-electron chi connectivity index (χ2n) is 26.4. The molecule has 0 radical (unpaired) electrons. The van der Waals surface area contributed by atoms with Crippen molar-refractivity contribution in [1.82, 2.24) is 5.32 Å². The summed E-state index contributed by atoms with van der Waals surface area (Å²) in [6.45, 7) is 5.72. The molecule has 0 aliphatic carbocycles. The lowest BCUT2D eigenvalue weighted by Gasteiger charge is -2.41. The van der Waals surface area contributed by atoms with E-state index in [0.717, 1.165) is 103 Å². The fourth-order valence-corrected chi connectivity index (χ4v) is 11.8. The van der Waals surface area contributed by atoms with Crippen LogP contribution in [0.1, 0.15) is 348 Å². The quantitative estimate of drug-likeness (QED) is 0.0195. The second kappa shape index (κ2) is 66.8. The predicted molar refractivity (Wildman–Crippen MR) is 384 cm³/mol. The highest BCUT2D eigenvalue weighted by Crippen LogP contribution is 2.26. The number of allylic oxidation sites excluding steroid dienone is 13. The van der Waals surface area contributed by atoms with Crippen molar-refractivity contribution in [3.8, 4) is 0 Å². The zero-order chi connectivity index (χ0) is 66.0. The standard InChI is InChI=1S/C80H143NO10/c1-4-7-10-13-16-19-22-25-27-29-31-33-35-37-39-41-43-45-47-50-53-56-59-62-65-68-75(85)91-78-77(87)76(86)74(69-82)90-80(78)89-70-71(72(83)66-63-60-57-54-51-48-24-21-18-15-12-9-6-3)81-79(88)73(84)67-64-61-58-55-52-49-46-44-42-40-38-36-34-32-30-28-26-23-20-17-14-11-8-5-2/h7,10,16,19,25-28,31,33,37,39,63,66,71-74,76-78,80,82-84,86-87H,4-6,8-9,11-15,17-18,20-24,29-30,32,34-36,38,40-62,64-65,67-70H2,1-3H3,(H,81,88)/b10-7-,19-16-,27-25-,28-26+,33-31-,39-37-,66-63+. The molecule has 528 valence electrons. The molecule has 0 aromatic heterocycles. The van der Waals surface area contributed by atoms with Gasteiger partial charge in [-0.2, -0.15) is 0 Å². The van der Waals surface area contributed by atoms with Crippen LogP contribution in [0.2, 0.25) is 0 Å². The zero-order valence-corrected chi connectivity index (χ0v) is 59.0. The Hall–Kier alpha value is -3.16. The fourth-order valence-electron chi connectivity index (χ4n) is 11.8. The Morgan fingerprint density at radius 3 is 1.20 bits per heavy atom. The average Bonchev–Trinajstić information content (AvgIpc) is 1.09. The van der Waals surface area contributed by atoms with Crippen molar-refractivity contribution in [1.29, 1.82) is 0 Å². The lowest BCUT2D eigenvalue weighted by molar-refractivity contribution is -0.305. The van der Waals surface area contributed by atoms with E-state index >= 15 is 0 Å². The van der Waals surface area contributed by atoms with Gasteiger partial charge in [-0.3, -0.25) is 9.59 Å². The van der Waals surface area contributed by atoms with Crippen molar-refractivity contribution < 1.29 is 49.3 Å². The minimum atomic E-state index is -1.62. The maximum atomic E-state index is 13.5. The van der Waals surface area contributed by atoms with Crippen LogP contribution in [0.5, 0.6) is 0 Å². The first-order valence-corrected chi connectivity index (χ1v) is 38.4. The van der Waals surface area contributed by atoms with Crippen LogP contribution in [0.4, 0.5) is 0 Å². The first kappa shape index (κ1) is 85.9. The van der Waals surface area contributed by atoms with Gasteiger partial charge < -0.3 is 45.1 Å². The fraction of sp³-hybridized carbons (Fsp3) is 0.800. The van der Waals surface area contributed by atoms with E-state index < -0.39 is 67.4 Å². The number of aliphatic hydroxyl groups is 5. The molecule has 0 aromatic rings. The van der Waals surface area contributed by atoms with Crippen molar-refractivity contribution in [2.75, 3.05) is 13.2 Å². The molecule has 1 aliphatic rings. The van der Waals surface area contributed by atoms with E-state index in [2.05, 4.69) is 99.0 Å². The Labute approximate surface area is 559 Å². The van der Waals surface area contributed by atoms with Gasteiger partial charge in [-0.05, 0) is 96.3 Å². The highest BCUT2D eigenvalue weighted by Gasteiger charge is 2.47. The van der Waals surface area contributed by atoms with Crippen LogP contribution in [0, 0.1) is 0 Å². The molecule has 11 heteroatoms. The van der Waals surface area contributed by atoms with E-state index in [1.54, 1.807) is 6.08 Å². The van der Waals surface area contributed by atoms with Crippen molar-refractivity contribution in [2.45, 2.75) is 397 Å². The van der Waals surface area contributed by atoms with Gasteiger partial charge in [0.15, 0.2) is 12.4 Å². The lowest BCUT2D eigenvalue weighted by Crippen LogP contribution is -2.61. The smallest absolute Gasteiger partial charge is 0.306 e. The number of ether oxygens (including phenoxy) is 3. The summed E-state index contributed by atoms with van der Waals surface area (Å²) < 4.78 is 17.7. The normalized spacial score (nSPS) is 18.4. The van der Waals surface area contributed by atoms with Gasteiger partial charge in [0.25, 0.3) is 0 Å². The van der Waals surface area contributed by atoms with E-state index in [0.29, 0.717) is 19.3 Å². The third kappa shape index (κ3) is 53.7. The molecule has 1 saturated heterocycles. The number of carbonyl (C=O) groups is 2. The van der Waals surface area contributed by atoms with E-state index in [4.69, 9.17) is 14.2 Å². The van der Waals surface area contributed by atoms with Crippen LogP contribution in [0.3, 0.4) is 0 Å². The maximum Gasteiger partial charge on any atom is 0.306 e. The van der Waals surface area contributed by atoms with Gasteiger partial charge in [0.1, 0.15) is 24.4 Å². The van der Waals surface area contributed by atoms with Gasteiger partial charge in [0, 0.05) is 6.42 Å². The summed E-state index contributed by atoms with van der Waals surface area (Å²) in [5.41, 5.74) is 0. The van der Waals surface area contributed by atoms with Gasteiger partial charge in [-0.15, -0.1) is 0 Å². The second-order valence-corrected chi connectivity index (χ2v) is 26.4. The number of aliphatic hydroxyl groups excluding tert-OH is 5. The van der Waals surface area contributed by atoms with Gasteiger partial charge in [0.05, 0.1) is 25.4 Å². The summed E-state index contributed by atoms with van der Waals surface area (Å²) in [6, 6.07) is -1.03. The molecule has 1 amide bonds. The van der Waals surface area contributed by atoms with Crippen LogP contribution in [0.15, 0.2) is 85.1 Å². The molecule has 6 N–H and O–H groups in total. The number of amides is 1. The van der Waals surface area contributed by atoms with E-state index in [1.807, 2.05) is 6.08 Å². The Kier molecular flexibility index (Phi) is 63.1. The van der Waals surface area contributed by atoms with Gasteiger partial charge in [0.2, 0.25) is 5.91 Å². The molecule has 0 spiro atoms. The van der Waals surface area contributed by atoms with Crippen LogP contribution < -0.4 is 5.32 Å². The topological polar surface area (TPSA) is 175 Å². The summed E-state index contributed by atoms with van der Waals surface area (Å²) in [6.07, 6.45) is 79.1.